The van der Waals surface area contributed by atoms with E-state index >= 15 is 0 Å². The van der Waals surface area contributed by atoms with Crippen LogP contribution in [0.4, 0.5) is 17.2 Å². The molecule has 0 saturated carbocycles. The second kappa shape index (κ2) is 7.05. The number of hydrogen-bond acceptors (Lipinski definition) is 5. The molecule has 0 atom stereocenters. The Morgan fingerprint density at radius 3 is 2.26 bits per heavy atom. The second-order valence-corrected chi connectivity index (χ2v) is 7.96. The van der Waals surface area contributed by atoms with Crippen molar-refractivity contribution < 1.29 is 13.2 Å². The molecule has 0 saturated heterocycles. The molecule has 0 amide bonds. The van der Waals surface area contributed by atoms with Crippen molar-refractivity contribution in [2.75, 3.05) is 11.6 Å². The van der Waals surface area contributed by atoms with E-state index in [-0.39, 0.29) is 10.7 Å². The molecule has 0 radical (unpaired) electrons. The molecule has 8 heteroatoms. The number of benzene rings is 2. The zero-order valence-electron chi connectivity index (χ0n) is 14.7. The summed E-state index contributed by atoms with van der Waals surface area (Å²) in [5.41, 5.74) is 2.24. The van der Waals surface area contributed by atoms with E-state index in [1.54, 1.807) is 47.3 Å². The van der Waals surface area contributed by atoms with Crippen LogP contribution in [0.1, 0.15) is 17.3 Å². The van der Waals surface area contributed by atoms with Crippen molar-refractivity contribution in [3.63, 3.8) is 0 Å². The van der Waals surface area contributed by atoms with Gasteiger partial charge in [-0.15, -0.1) is 0 Å². The van der Waals surface area contributed by atoms with Crippen LogP contribution < -0.4 is 5.32 Å². The smallest absolute Gasteiger partial charge is 0.248 e. The Hall–Kier alpha value is -3.44. The van der Waals surface area contributed by atoms with Crippen LogP contribution in [0.3, 0.4) is 0 Å². The standard InChI is InChI=1S/C19H16N4O3S/c1-13(24)14-4-8-16(9-5-14)23-12-18(20-2)19(22-23)21-15-6-10-17(11-7-15)27(3,25)26/h4-12H,1,3H3,(H,21,22). The molecule has 3 aromatic rings. The maximum Gasteiger partial charge on any atom is 0.248 e. The van der Waals surface area contributed by atoms with Crippen LogP contribution in [0, 0.1) is 6.57 Å². The van der Waals surface area contributed by atoms with E-state index in [9.17, 15) is 13.2 Å². The molecule has 0 unspecified atom stereocenters. The lowest BCUT2D eigenvalue weighted by molar-refractivity contribution is 0.101. The molecule has 136 valence electrons. The zero-order chi connectivity index (χ0) is 19.6. The molecule has 0 spiro atoms. The van der Waals surface area contributed by atoms with E-state index in [1.807, 2.05) is 0 Å². The van der Waals surface area contributed by atoms with Gasteiger partial charge >= 0.3 is 0 Å². The number of anilines is 2. The Kier molecular flexibility index (Phi) is 4.79. The summed E-state index contributed by atoms with van der Waals surface area (Å²) in [6, 6.07) is 13.1. The number of aromatic nitrogens is 2. The van der Waals surface area contributed by atoms with Crippen LogP contribution in [0.25, 0.3) is 10.5 Å². The van der Waals surface area contributed by atoms with Gasteiger partial charge in [0.25, 0.3) is 0 Å². The van der Waals surface area contributed by atoms with E-state index in [1.165, 1.54) is 19.1 Å². The molecule has 0 bridgehead atoms. The first-order valence-corrected chi connectivity index (χ1v) is 9.83. The van der Waals surface area contributed by atoms with Crippen molar-refractivity contribution in [3.8, 4) is 5.69 Å². The first-order valence-electron chi connectivity index (χ1n) is 7.93. The largest absolute Gasteiger partial charge is 0.348 e. The summed E-state index contributed by atoms with van der Waals surface area (Å²) in [4.78, 5) is 15.1. The van der Waals surface area contributed by atoms with Crippen LogP contribution >= 0.6 is 0 Å². The molecule has 0 fully saturated rings. The quantitative estimate of drug-likeness (QED) is 0.538. The predicted octanol–water partition coefficient (Wildman–Crippen LogP) is 3.77. The van der Waals surface area contributed by atoms with Gasteiger partial charge < -0.3 is 5.32 Å². The molecule has 0 aliphatic carbocycles. The summed E-state index contributed by atoms with van der Waals surface area (Å²) < 4.78 is 24.6. The molecule has 7 nitrogen and oxygen atoms in total. The second-order valence-electron chi connectivity index (χ2n) is 5.94. The molecule has 0 aliphatic rings. The number of nitrogens with one attached hydrogen (secondary N) is 1. The lowest BCUT2D eigenvalue weighted by atomic mass is 10.1. The topological polar surface area (TPSA) is 85.4 Å². The molecule has 0 aliphatic heterocycles. The fourth-order valence-corrected chi connectivity index (χ4v) is 3.07. The fraction of sp³-hybridized carbons (Fsp3) is 0.105. The summed E-state index contributed by atoms with van der Waals surface area (Å²) >= 11 is 0. The number of ketones is 1. The first kappa shape index (κ1) is 18.4. The highest BCUT2D eigenvalue weighted by atomic mass is 32.2. The molecule has 2 aromatic carbocycles. The number of carbonyl (C=O) groups is 1. The maximum atomic E-state index is 11.5. The summed E-state index contributed by atoms with van der Waals surface area (Å²) in [6.07, 6.45) is 2.73. The van der Waals surface area contributed by atoms with Gasteiger partial charge in [-0.3, -0.25) is 9.48 Å². The minimum absolute atomic E-state index is 0.0243. The average molecular weight is 380 g/mol. The van der Waals surface area contributed by atoms with Gasteiger partial charge in [-0.2, -0.15) is 5.10 Å². The number of Topliss-reactive ketones (excluding diaryl/α,β-unsaturated/α-hetero) is 1. The van der Waals surface area contributed by atoms with Crippen molar-refractivity contribution in [2.45, 2.75) is 11.8 Å². The zero-order valence-corrected chi connectivity index (χ0v) is 15.5. The van der Waals surface area contributed by atoms with Gasteiger partial charge in [0.05, 0.1) is 17.2 Å². The van der Waals surface area contributed by atoms with E-state index in [0.29, 0.717) is 28.4 Å². The maximum absolute atomic E-state index is 11.5. The van der Waals surface area contributed by atoms with E-state index in [0.717, 1.165) is 6.26 Å². The number of sulfone groups is 1. The Morgan fingerprint density at radius 2 is 1.74 bits per heavy atom. The van der Waals surface area contributed by atoms with Crippen molar-refractivity contribution >= 4 is 32.8 Å². The van der Waals surface area contributed by atoms with E-state index < -0.39 is 9.84 Å². The van der Waals surface area contributed by atoms with Gasteiger partial charge in [0, 0.05) is 23.7 Å². The van der Waals surface area contributed by atoms with Crippen molar-refractivity contribution in [1.82, 2.24) is 9.78 Å². The van der Waals surface area contributed by atoms with Gasteiger partial charge in [0.15, 0.2) is 21.4 Å². The Labute approximate surface area is 157 Å². The van der Waals surface area contributed by atoms with Crippen LogP contribution in [-0.2, 0) is 9.84 Å². The first-order chi connectivity index (χ1) is 12.8. The fourth-order valence-electron chi connectivity index (χ4n) is 2.44. The van der Waals surface area contributed by atoms with Crippen molar-refractivity contribution in [2.24, 2.45) is 0 Å². The van der Waals surface area contributed by atoms with Crippen molar-refractivity contribution in [3.05, 3.63) is 71.7 Å². The van der Waals surface area contributed by atoms with Gasteiger partial charge in [-0.1, -0.05) is 0 Å². The molecule has 1 N–H and O–H groups in total. The number of nitrogens with zero attached hydrogens (tertiary/aromatic N) is 3. The van der Waals surface area contributed by atoms with E-state index in [4.69, 9.17) is 6.57 Å². The molecule has 1 heterocycles. The summed E-state index contributed by atoms with van der Waals surface area (Å²) in [5, 5.41) is 7.41. The Balaban J connectivity index is 1.89. The summed E-state index contributed by atoms with van der Waals surface area (Å²) in [6.45, 7) is 8.84. The number of carbonyl (C=O) groups excluding carboxylic acids is 1. The number of hydrogen-bond donors (Lipinski definition) is 1. The van der Waals surface area contributed by atoms with Gasteiger partial charge in [-0.25, -0.2) is 13.3 Å². The third-order valence-electron chi connectivity index (χ3n) is 3.90. The van der Waals surface area contributed by atoms with E-state index in [2.05, 4.69) is 15.3 Å². The predicted molar refractivity (Wildman–Crippen MR) is 103 cm³/mol. The third kappa shape index (κ3) is 4.04. The minimum atomic E-state index is -3.27. The highest BCUT2D eigenvalue weighted by Gasteiger charge is 2.12. The van der Waals surface area contributed by atoms with Crippen LogP contribution in [0.15, 0.2) is 59.6 Å². The van der Waals surface area contributed by atoms with Gasteiger partial charge in [0.1, 0.15) is 0 Å². The van der Waals surface area contributed by atoms with Crippen LogP contribution in [0.5, 0.6) is 0 Å². The average Bonchev–Trinajstić information content (AvgIpc) is 3.04. The van der Waals surface area contributed by atoms with Gasteiger partial charge in [0.2, 0.25) is 5.69 Å². The minimum Gasteiger partial charge on any atom is -0.348 e. The molecular weight excluding hydrogens is 364 g/mol. The van der Waals surface area contributed by atoms with Crippen molar-refractivity contribution in [1.29, 1.82) is 0 Å². The molecular formula is C19H16N4O3S. The SMILES string of the molecule is [C-]#[N+]c1cn(-c2ccc(C(C)=O)cc2)nc1Nc1ccc(S(C)(=O)=O)cc1. The van der Waals surface area contributed by atoms with Crippen LogP contribution in [-0.4, -0.2) is 30.2 Å². The van der Waals surface area contributed by atoms with Gasteiger partial charge in [-0.05, 0) is 55.5 Å². The lowest BCUT2D eigenvalue weighted by Crippen LogP contribution is -1.99. The number of rotatable bonds is 5. The normalized spacial score (nSPS) is 11.0. The third-order valence-corrected chi connectivity index (χ3v) is 5.03. The molecule has 1 aromatic heterocycles. The Morgan fingerprint density at radius 1 is 1.11 bits per heavy atom. The van der Waals surface area contributed by atoms with Crippen LogP contribution in [0.2, 0.25) is 0 Å². The monoisotopic (exact) mass is 380 g/mol. The summed E-state index contributed by atoms with van der Waals surface area (Å²) in [5.74, 6) is 0.330. The molecule has 3 rings (SSSR count). The highest BCUT2D eigenvalue weighted by molar-refractivity contribution is 7.90. The highest BCUT2D eigenvalue weighted by Crippen LogP contribution is 2.28. The molecule has 27 heavy (non-hydrogen) atoms. The lowest BCUT2D eigenvalue weighted by Gasteiger charge is -2.06. The Bertz CT molecular complexity index is 1140. The summed E-state index contributed by atoms with van der Waals surface area (Å²) in [7, 11) is -3.27.